The summed E-state index contributed by atoms with van der Waals surface area (Å²) < 4.78 is 5.00. The Hall–Kier alpha value is -2.39. The number of amides is 1. The normalized spacial score (nSPS) is 11.2. The molecule has 0 heterocycles. The van der Waals surface area contributed by atoms with Crippen molar-refractivity contribution in [2.75, 3.05) is 20.3 Å². The van der Waals surface area contributed by atoms with Crippen LogP contribution in [0.25, 0.3) is 11.6 Å². The van der Waals surface area contributed by atoms with Crippen LogP contribution in [-0.4, -0.2) is 26.2 Å². The molecule has 0 aliphatic carbocycles. The number of hydrogen-bond acceptors (Lipinski definition) is 2. The molecule has 0 aromatic heterocycles. The Labute approximate surface area is 131 Å². The minimum atomic E-state index is -0.0637. The molecular formula is C19H21NO2. The molecule has 0 bridgehead atoms. The molecule has 0 saturated carbocycles. The zero-order chi connectivity index (χ0) is 15.6. The van der Waals surface area contributed by atoms with Gasteiger partial charge < -0.3 is 10.1 Å². The first-order chi connectivity index (χ1) is 10.8. The SMILES string of the molecule is COCCCNC(=O)C(=Cc1ccccc1)c1ccccc1. The Morgan fingerprint density at radius 1 is 1.05 bits per heavy atom. The summed E-state index contributed by atoms with van der Waals surface area (Å²) in [7, 11) is 1.66. The van der Waals surface area contributed by atoms with Crippen LogP contribution in [0.3, 0.4) is 0 Å². The van der Waals surface area contributed by atoms with Crippen LogP contribution < -0.4 is 5.32 Å². The number of carbonyl (C=O) groups is 1. The first-order valence-electron chi connectivity index (χ1n) is 7.40. The number of nitrogens with one attached hydrogen (secondary N) is 1. The van der Waals surface area contributed by atoms with Crippen LogP contribution in [-0.2, 0) is 9.53 Å². The summed E-state index contributed by atoms with van der Waals surface area (Å²) in [6.45, 7) is 1.25. The van der Waals surface area contributed by atoms with Crippen molar-refractivity contribution in [3.8, 4) is 0 Å². The predicted molar refractivity (Wildman–Crippen MR) is 90.3 cm³/mol. The fourth-order valence-electron chi connectivity index (χ4n) is 2.13. The Balaban J connectivity index is 2.19. The molecule has 0 unspecified atom stereocenters. The largest absolute Gasteiger partial charge is 0.385 e. The first-order valence-corrected chi connectivity index (χ1v) is 7.40. The van der Waals surface area contributed by atoms with Crippen LogP contribution in [0.1, 0.15) is 17.5 Å². The van der Waals surface area contributed by atoms with Crippen molar-refractivity contribution in [1.82, 2.24) is 5.32 Å². The zero-order valence-electron chi connectivity index (χ0n) is 12.8. The Morgan fingerprint density at radius 2 is 1.68 bits per heavy atom. The highest BCUT2D eigenvalue weighted by atomic mass is 16.5. The van der Waals surface area contributed by atoms with Gasteiger partial charge in [0.15, 0.2) is 0 Å². The Morgan fingerprint density at radius 3 is 2.32 bits per heavy atom. The second-order valence-corrected chi connectivity index (χ2v) is 4.94. The lowest BCUT2D eigenvalue weighted by Gasteiger charge is -2.09. The van der Waals surface area contributed by atoms with E-state index in [9.17, 15) is 4.79 Å². The van der Waals surface area contributed by atoms with E-state index in [1.807, 2.05) is 66.7 Å². The molecule has 0 spiro atoms. The van der Waals surface area contributed by atoms with Gasteiger partial charge in [-0.2, -0.15) is 0 Å². The quantitative estimate of drug-likeness (QED) is 0.483. The van der Waals surface area contributed by atoms with Gasteiger partial charge in [-0.15, -0.1) is 0 Å². The van der Waals surface area contributed by atoms with Gasteiger partial charge >= 0.3 is 0 Å². The fraction of sp³-hybridized carbons (Fsp3) is 0.211. The van der Waals surface area contributed by atoms with Crippen LogP contribution in [0.15, 0.2) is 60.7 Å². The number of rotatable bonds is 7. The van der Waals surface area contributed by atoms with Crippen molar-refractivity contribution >= 4 is 17.6 Å². The van der Waals surface area contributed by atoms with Gasteiger partial charge in [0.25, 0.3) is 5.91 Å². The number of methoxy groups -OCH3 is 1. The summed E-state index contributed by atoms with van der Waals surface area (Å²) in [5, 5.41) is 2.95. The topological polar surface area (TPSA) is 38.3 Å². The summed E-state index contributed by atoms with van der Waals surface area (Å²) in [5.74, 6) is -0.0637. The third-order valence-corrected chi connectivity index (χ3v) is 3.25. The van der Waals surface area contributed by atoms with Gasteiger partial charge in [-0.25, -0.2) is 0 Å². The summed E-state index contributed by atoms with van der Waals surface area (Å²) >= 11 is 0. The molecule has 2 rings (SSSR count). The average Bonchev–Trinajstić information content (AvgIpc) is 2.58. The molecule has 2 aromatic rings. The van der Waals surface area contributed by atoms with Gasteiger partial charge in [0.2, 0.25) is 0 Å². The van der Waals surface area contributed by atoms with Gasteiger partial charge in [-0.3, -0.25) is 4.79 Å². The van der Waals surface area contributed by atoms with Crippen molar-refractivity contribution in [2.45, 2.75) is 6.42 Å². The minimum Gasteiger partial charge on any atom is -0.385 e. The van der Waals surface area contributed by atoms with Crippen LogP contribution in [0.5, 0.6) is 0 Å². The lowest BCUT2D eigenvalue weighted by molar-refractivity contribution is -0.115. The Bertz CT molecular complexity index is 606. The standard InChI is InChI=1S/C19H21NO2/c1-22-14-8-13-20-19(21)18(17-11-6-3-7-12-17)15-16-9-4-2-5-10-16/h2-7,9-12,15H,8,13-14H2,1H3,(H,20,21). The molecule has 0 radical (unpaired) electrons. The molecule has 114 valence electrons. The minimum absolute atomic E-state index is 0.0637. The highest BCUT2D eigenvalue weighted by molar-refractivity contribution is 6.24. The Kier molecular flexibility index (Phi) is 6.39. The van der Waals surface area contributed by atoms with E-state index < -0.39 is 0 Å². The molecular weight excluding hydrogens is 274 g/mol. The van der Waals surface area contributed by atoms with Crippen molar-refractivity contribution < 1.29 is 9.53 Å². The van der Waals surface area contributed by atoms with Crippen LogP contribution in [0.2, 0.25) is 0 Å². The molecule has 3 nitrogen and oxygen atoms in total. The molecule has 0 aliphatic rings. The van der Waals surface area contributed by atoms with E-state index in [-0.39, 0.29) is 5.91 Å². The molecule has 0 atom stereocenters. The second kappa shape index (κ2) is 8.80. The fourth-order valence-corrected chi connectivity index (χ4v) is 2.13. The third-order valence-electron chi connectivity index (χ3n) is 3.25. The van der Waals surface area contributed by atoms with Crippen molar-refractivity contribution in [3.05, 3.63) is 71.8 Å². The average molecular weight is 295 g/mol. The van der Waals surface area contributed by atoms with Crippen molar-refractivity contribution in [3.63, 3.8) is 0 Å². The highest BCUT2D eigenvalue weighted by Gasteiger charge is 2.11. The maximum absolute atomic E-state index is 12.5. The van der Waals surface area contributed by atoms with Gasteiger partial charge in [0.05, 0.1) is 0 Å². The monoisotopic (exact) mass is 295 g/mol. The first kappa shape index (κ1) is 16.0. The number of carbonyl (C=O) groups excluding carboxylic acids is 1. The maximum atomic E-state index is 12.5. The number of ether oxygens (including phenoxy) is 1. The highest BCUT2D eigenvalue weighted by Crippen LogP contribution is 2.18. The van der Waals surface area contributed by atoms with E-state index in [1.165, 1.54) is 0 Å². The molecule has 0 fully saturated rings. The second-order valence-electron chi connectivity index (χ2n) is 4.94. The summed E-state index contributed by atoms with van der Waals surface area (Å²) in [6, 6.07) is 19.6. The summed E-state index contributed by atoms with van der Waals surface area (Å²) in [6.07, 6.45) is 2.72. The molecule has 0 aliphatic heterocycles. The van der Waals surface area contributed by atoms with E-state index in [4.69, 9.17) is 4.74 Å². The van der Waals surface area contributed by atoms with E-state index in [1.54, 1.807) is 7.11 Å². The number of hydrogen-bond donors (Lipinski definition) is 1. The number of benzene rings is 2. The summed E-state index contributed by atoms with van der Waals surface area (Å²) in [5.41, 5.74) is 2.59. The molecule has 0 saturated heterocycles. The molecule has 22 heavy (non-hydrogen) atoms. The van der Waals surface area contributed by atoms with Crippen molar-refractivity contribution in [1.29, 1.82) is 0 Å². The molecule has 1 N–H and O–H groups in total. The van der Waals surface area contributed by atoms with E-state index in [0.29, 0.717) is 18.7 Å². The van der Waals surface area contributed by atoms with Crippen molar-refractivity contribution in [2.24, 2.45) is 0 Å². The maximum Gasteiger partial charge on any atom is 0.251 e. The van der Waals surface area contributed by atoms with Crippen LogP contribution in [0.4, 0.5) is 0 Å². The van der Waals surface area contributed by atoms with Gasteiger partial charge in [-0.05, 0) is 23.6 Å². The lowest BCUT2D eigenvalue weighted by atomic mass is 10.0. The van der Waals surface area contributed by atoms with Gasteiger partial charge in [0, 0.05) is 25.8 Å². The zero-order valence-corrected chi connectivity index (χ0v) is 12.8. The van der Waals surface area contributed by atoms with E-state index >= 15 is 0 Å². The third kappa shape index (κ3) is 4.86. The predicted octanol–water partition coefficient (Wildman–Crippen LogP) is 3.38. The molecule has 1 amide bonds. The lowest BCUT2D eigenvalue weighted by Crippen LogP contribution is -2.26. The van der Waals surface area contributed by atoms with Crippen LogP contribution >= 0.6 is 0 Å². The molecule has 3 heteroatoms. The van der Waals surface area contributed by atoms with E-state index in [2.05, 4.69) is 5.32 Å². The van der Waals surface area contributed by atoms with Gasteiger partial charge in [-0.1, -0.05) is 60.7 Å². The van der Waals surface area contributed by atoms with E-state index in [0.717, 1.165) is 17.5 Å². The smallest absolute Gasteiger partial charge is 0.251 e. The molecule has 2 aromatic carbocycles. The summed E-state index contributed by atoms with van der Waals surface area (Å²) in [4.78, 5) is 12.5. The van der Waals surface area contributed by atoms with Gasteiger partial charge in [0.1, 0.15) is 0 Å². The van der Waals surface area contributed by atoms with Crippen LogP contribution in [0, 0.1) is 0 Å².